The number of benzene rings is 1. The van der Waals surface area contributed by atoms with Crippen LogP contribution in [0.3, 0.4) is 0 Å². The molecule has 0 saturated carbocycles. The highest BCUT2D eigenvalue weighted by atomic mass is 16.2. The molecular weight excluding hydrogens is 208 g/mol. The molecule has 0 atom stereocenters. The molecule has 5 heteroatoms. The predicted molar refractivity (Wildman–Crippen MR) is 55.4 cm³/mol. The Hall–Kier alpha value is -2.17. The van der Waals surface area contributed by atoms with Crippen molar-refractivity contribution in [2.45, 2.75) is 6.42 Å². The zero-order valence-electron chi connectivity index (χ0n) is 8.47. The standard InChI is InChI=1S/C11H10N2O3/c14-9-7-13(11(16)12-9)10(15)6-8-4-2-1-3-5-8/h1-5H,6-7H2,(H,12,14,16). The first kappa shape index (κ1) is 10.4. The Kier molecular flexibility index (Phi) is 2.68. The van der Waals surface area contributed by atoms with Crippen LogP contribution in [0.1, 0.15) is 5.56 Å². The molecular formula is C11H10N2O3. The highest BCUT2D eigenvalue weighted by Crippen LogP contribution is 2.05. The second-order valence-electron chi connectivity index (χ2n) is 3.50. The van der Waals surface area contributed by atoms with Crippen molar-refractivity contribution in [1.82, 2.24) is 10.2 Å². The van der Waals surface area contributed by atoms with E-state index in [1.807, 2.05) is 18.2 Å². The molecule has 82 valence electrons. The van der Waals surface area contributed by atoms with Gasteiger partial charge >= 0.3 is 6.03 Å². The van der Waals surface area contributed by atoms with Gasteiger partial charge in [0.15, 0.2) is 0 Å². The Bertz CT molecular complexity index is 442. The van der Waals surface area contributed by atoms with E-state index < -0.39 is 11.9 Å². The van der Waals surface area contributed by atoms with Crippen LogP contribution in [-0.4, -0.2) is 29.3 Å². The molecule has 16 heavy (non-hydrogen) atoms. The molecule has 2 rings (SSSR count). The summed E-state index contributed by atoms with van der Waals surface area (Å²) < 4.78 is 0. The van der Waals surface area contributed by atoms with Crippen LogP contribution in [0.4, 0.5) is 4.79 Å². The van der Waals surface area contributed by atoms with Gasteiger partial charge in [0, 0.05) is 0 Å². The van der Waals surface area contributed by atoms with Crippen LogP contribution in [0.25, 0.3) is 0 Å². The molecule has 1 aliphatic heterocycles. The molecule has 1 heterocycles. The minimum Gasteiger partial charge on any atom is -0.276 e. The molecule has 5 nitrogen and oxygen atoms in total. The van der Waals surface area contributed by atoms with Gasteiger partial charge < -0.3 is 0 Å². The molecule has 0 bridgehead atoms. The summed E-state index contributed by atoms with van der Waals surface area (Å²) in [6.07, 6.45) is 0.127. The SMILES string of the molecule is O=C1CN(C(=O)Cc2ccccc2)C(=O)N1. The van der Waals surface area contributed by atoms with Gasteiger partial charge in [0.2, 0.25) is 11.8 Å². The number of urea groups is 1. The van der Waals surface area contributed by atoms with Gasteiger partial charge in [0.05, 0.1) is 6.42 Å². The van der Waals surface area contributed by atoms with Crippen LogP contribution >= 0.6 is 0 Å². The van der Waals surface area contributed by atoms with E-state index in [4.69, 9.17) is 0 Å². The lowest BCUT2D eigenvalue weighted by molar-refractivity contribution is -0.129. The molecule has 1 aromatic carbocycles. The van der Waals surface area contributed by atoms with Crippen molar-refractivity contribution in [2.75, 3.05) is 6.54 Å². The van der Waals surface area contributed by atoms with Crippen molar-refractivity contribution in [3.8, 4) is 0 Å². The van der Waals surface area contributed by atoms with E-state index in [0.717, 1.165) is 10.5 Å². The molecule has 1 N–H and O–H groups in total. The van der Waals surface area contributed by atoms with Crippen LogP contribution in [0.5, 0.6) is 0 Å². The van der Waals surface area contributed by atoms with Crippen LogP contribution in [-0.2, 0) is 16.0 Å². The van der Waals surface area contributed by atoms with Crippen molar-refractivity contribution in [3.05, 3.63) is 35.9 Å². The topological polar surface area (TPSA) is 66.5 Å². The first-order valence-electron chi connectivity index (χ1n) is 4.85. The summed E-state index contributed by atoms with van der Waals surface area (Å²) in [5.41, 5.74) is 0.819. The highest BCUT2D eigenvalue weighted by molar-refractivity contribution is 6.10. The number of imide groups is 2. The zero-order valence-corrected chi connectivity index (χ0v) is 8.47. The number of nitrogens with one attached hydrogen (secondary N) is 1. The fourth-order valence-corrected chi connectivity index (χ4v) is 1.51. The summed E-state index contributed by atoms with van der Waals surface area (Å²) in [6.45, 7) is -0.176. The smallest absolute Gasteiger partial charge is 0.276 e. The summed E-state index contributed by atoms with van der Waals surface area (Å²) in [6, 6.07) is 8.45. The summed E-state index contributed by atoms with van der Waals surface area (Å²) in [5, 5.41) is 2.06. The molecule has 0 aliphatic carbocycles. The quantitative estimate of drug-likeness (QED) is 0.726. The maximum atomic E-state index is 11.7. The van der Waals surface area contributed by atoms with Crippen LogP contribution in [0, 0.1) is 0 Å². The average molecular weight is 218 g/mol. The Morgan fingerprint density at radius 2 is 1.94 bits per heavy atom. The van der Waals surface area contributed by atoms with Gasteiger partial charge in [0.25, 0.3) is 0 Å². The third-order valence-corrected chi connectivity index (χ3v) is 2.29. The van der Waals surface area contributed by atoms with Crippen LogP contribution in [0.2, 0.25) is 0 Å². The second kappa shape index (κ2) is 4.14. The molecule has 0 unspecified atom stereocenters. The molecule has 1 aromatic rings. The molecule has 0 aromatic heterocycles. The van der Waals surface area contributed by atoms with E-state index in [1.54, 1.807) is 12.1 Å². The van der Waals surface area contributed by atoms with E-state index in [2.05, 4.69) is 5.32 Å². The number of carbonyl (C=O) groups excluding carboxylic acids is 3. The fourth-order valence-electron chi connectivity index (χ4n) is 1.51. The third kappa shape index (κ3) is 2.08. The molecule has 1 aliphatic rings. The molecule has 0 radical (unpaired) electrons. The normalized spacial score (nSPS) is 15.1. The number of hydrogen-bond donors (Lipinski definition) is 1. The number of amides is 4. The van der Waals surface area contributed by atoms with Crippen molar-refractivity contribution < 1.29 is 14.4 Å². The van der Waals surface area contributed by atoms with Gasteiger partial charge in [-0.15, -0.1) is 0 Å². The lowest BCUT2D eigenvalue weighted by atomic mass is 10.1. The second-order valence-corrected chi connectivity index (χ2v) is 3.50. The summed E-state index contributed by atoms with van der Waals surface area (Å²) in [4.78, 5) is 34.7. The summed E-state index contributed by atoms with van der Waals surface area (Å²) >= 11 is 0. The minimum atomic E-state index is -0.633. The van der Waals surface area contributed by atoms with E-state index in [9.17, 15) is 14.4 Å². The molecule has 4 amide bonds. The van der Waals surface area contributed by atoms with E-state index >= 15 is 0 Å². The zero-order chi connectivity index (χ0) is 11.5. The average Bonchev–Trinajstić information content (AvgIpc) is 2.59. The lowest BCUT2D eigenvalue weighted by Gasteiger charge is -2.10. The van der Waals surface area contributed by atoms with Gasteiger partial charge in [-0.1, -0.05) is 30.3 Å². The summed E-state index contributed by atoms with van der Waals surface area (Å²) in [5.74, 6) is -0.805. The first-order valence-corrected chi connectivity index (χ1v) is 4.85. The lowest BCUT2D eigenvalue weighted by Crippen LogP contribution is -2.35. The van der Waals surface area contributed by atoms with E-state index in [1.165, 1.54) is 0 Å². The monoisotopic (exact) mass is 218 g/mol. The number of carbonyl (C=O) groups is 3. The summed E-state index contributed by atoms with van der Waals surface area (Å²) in [7, 11) is 0. The van der Waals surface area contributed by atoms with Crippen LogP contribution < -0.4 is 5.32 Å². The Balaban J connectivity index is 2.04. The van der Waals surface area contributed by atoms with E-state index in [0.29, 0.717) is 0 Å². The molecule has 1 saturated heterocycles. The largest absolute Gasteiger partial charge is 0.331 e. The highest BCUT2D eigenvalue weighted by Gasteiger charge is 2.31. The predicted octanol–water partition coefficient (Wildman–Crippen LogP) is 0.308. The number of hydrogen-bond acceptors (Lipinski definition) is 3. The van der Waals surface area contributed by atoms with Crippen molar-refractivity contribution in [1.29, 1.82) is 0 Å². The Morgan fingerprint density at radius 1 is 1.25 bits per heavy atom. The fraction of sp³-hybridized carbons (Fsp3) is 0.182. The maximum absolute atomic E-state index is 11.7. The Labute approximate surface area is 92.0 Å². The third-order valence-electron chi connectivity index (χ3n) is 2.29. The van der Waals surface area contributed by atoms with Gasteiger partial charge in [-0.25, -0.2) is 4.79 Å². The van der Waals surface area contributed by atoms with E-state index in [-0.39, 0.29) is 18.9 Å². The number of nitrogens with zero attached hydrogens (tertiary/aromatic N) is 1. The van der Waals surface area contributed by atoms with Gasteiger partial charge in [0.1, 0.15) is 6.54 Å². The minimum absolute atomic E-state index is 0.127. The van der Waals surface area contributed by atoms with Gasteiger partial charge in [-0.3, -0.25) is 19.8 Å². The maximum Gasteiger partial charge on any atom is 0.331 e. The number of rotatable bonds is 2. The van der Waals surface area contributed by atoms with Crippen LogP contribution in [0.15, 0.2) is 30.3 Å². The molecule has 0 spiro atoms. The van der Waals surface area contributed by atoms with Crippen molar-refractivity contribution >= 4 is 17.8 Å². The van der Waals surface area contributed by atoms with Crippen molar-refractivity contribution in [2.24, 2.45) is 0 Å². The van der Waals surface area contributed by atoms with Gasteiger partial charge in [-0.2, -0.15) is 0 Å². The van der Waals surface area contributed by atoms with Crippen molar-refractivity contribution in [3.63, 3.8) is 0 Å². The van der Waals surface area contributed by atoms with Gasteiger partial charge in [-0.05, 0) is 5.56 Å². The first-order chi connectivity index (χ1) is 7.66. The molecule has 1 fully saturated rings. The Morgan fingerprint density at radius 3 is 2.50 bits per heavy atom.